The van der Waals surface area contributed by atoms with Gasteiger partial charge in [-0.3, -0.25) is 0 Å². The van der Waals surface area contributed by atoms with E-state index in [0.29, 0.717) is 0 Å². The normalized spacial score (nSPS) is 33.5. The fourth-order valence-electron chi connectivity index (χ4n) is 2.39. The molecule has 2 fully saturated rings. The molecule has 69 valence electrons. The molecule has 1 aliphatic carbocycles. The first-order chi connectivity index (χ1) is 5.97. The van der Waals surface area contributed by atoms with Crippen molar-refractivity contribution in [3.05, 3.63) is 5.92 Å². The van der Waals surface area contributed by atoms with Crippen molar-refractivity contribution in [1.82, 2.24) is 0 Å². The Balaban J connectivity index is 1.80. The molecule has 1 unspecified atom stereocenters. The lowest BCUT2D eigenvalue weighted by Crippen LogP contribution is -2.21. The molecule has 1 heteroatoms. The smallest absolute Gasteiger partial charge is 0.0109 e. The van der Waals surface area contributed by atoms with Gasteiger partial charge in [0.1, 0.15) is 0 Å². The van der Waals surface area contributed by atoms with Crippen LogP contribution in [0.5, 0.6) is 0 Å². The van der Waals surface area contributed by atoms with Crippen LogP contribution in [0.25, 0.3) is 0 Å². The summed E-state index contributed by atoms with van der Waals surface area (Å²) in [6, 6.07) is 0. The van der Waals surface area contributed by atoms with Crippen LogP contribution in [0.2, 0.25) is 0 Å². The zero-order chi connectivity index (χ0) is 8.23. The summed E-state index contributed by atoms with van der Waals surface area (Å²) in [6.07, 6.45) is 11.8. The molecule has 0 amide bonds. The van der Waals surface area contributed by atoms with Crippen LogP contribution in [-0.4, -0.2) is 11.0 Å². The third kappa shape index (κ3) is 2.18. The summed E-state index contributed by atoms with van der Waals surface area (Å²) in [6.45, 7) is 0. The average molecular weight is 183 g/mol. The van der Waals surface area contributed by atoms with Gasteiger partial charge in [-0.05, 0) is 37.4 Å². The molecule has 1 saturated carbocycles. The summed E-state index contributed by atoms with van der Waals surface area (Å²) < 4.78 is 0. The quantitative estimate of drug-likeness (QED) is 0.595. The van der Waals surface area contributed by atoms with E-state index in [1.54, 1.807) is 0 Å². The van der Waals surface area contributed by atoms with Crippen LogP contribution >= 0.6 is 11.8 Å². The molecule has 1 radical (unpaired) electrons. The van der Waals surface area contributed by atoms with E-state index in [-0.39, 0.29) is 0 Å². The van der Waals surface area contributed by atoms with Gasteiger partial charge in [0.15, 0.2) is 0 Å². The first kappa shape index (κ1) is 8.93. The molecule has 1 aliphatic heterocycles. The lowest BCUT2D eigenvalue weighted by atomic mass is 9.85. The van der Waals surface area contributed by atoms with Gasteiger partial charge in [-0.15, -0.1) is 0 Å². The molecule has 2 rings (SSSR count). The van der Waals surface area contributed by atoms with Gasteiger partial charge in [0.05, 0.1) is 0 Å². The Morgan fingerprint density at radius 1 is 0.917 bits per heavy atom. The van der Waals surface area contributed by atoms with Gasteiger partial charge in [-0.1, -0.05) is 25.7 Å². The maximum Gasteiger partial charge on any atom is 0.0109 e. The van der Waals surface area contributed by atoms with E-state index in [9.17, 15) is 0 Å². The maximum absolute atomic E-state index is 2.23. The maximum atomic E-state index is 2.23. The number of rotatable bonds is 1. The second-order valence-corrected chi connectivity index (χ2v) is 5.38. The van der Waals surface area contributed by atoms with Crippen LogP contribution in [0.15, 0.2) is 0 Å². The van der Waals surface area contributed by atoms with Crippen LogP contribution in [0.1, 0.15) is 51.4 Å². The molecule has 1 saturated heterocycles. The van der Waals surface area contributed by atoms with Crippen LogP contribution in [0.4, 0.5) is 0 Å². The van der Waals surface area contributed by atoms with Crippen LogP contribution in [0.3, 0.4) is 0 Å². The van der Waals surface area contributed by atoms with Gasteiger partial charge in [0, 0.05) is 5.25 Å². The first-order valence-electron chi connectivity index (χ1n) is 5.43. The summed E-state index contributed by atoms with van der Waals surface area (Å²) in [5.74, 6) is 3.33. The molecule has 0 bridgehead atoms. The molecule has 2 aliphatic rings. The first-order valence-corrected chi connectivity index (χ1v) is 6.48. The molecule has 0 aromatic heterocycles. The zero-order valence-electron chi connectivity index (χ0n) is 7.85. The summed E-state index contributed by atoms with van der Waals surface area (Å²) in [5.41, 5.74) is 0. The van der Waals surface area contributed by atoms with Crippen molar-refractivity contribution in [1.29, 1.82) is 0 Å². The van der Waals surface area contributed by atoms with E-state index in [0.717, 1.165) is 5.25 Å². The van der Waals surface area contributed by atoms with E-state index >= 15 is 0 Å². The van der Waals surface area contributed by atoms with Crippen molar-refractivity contribution >= 4 is 11.8 Å². The zero-order valence-corrected chi connectivity index (χ0v) is 8.67. The minimum absolute atomic E-state index is 0.971. The van der Waals surface area contributed by atoms with E-state index in [2.05, 4.69) is 11.8 Å². The Bertz CT molecular complexity index is 105. The molecule has 0 aromatic rings. The Hall–Kier alpha value is 0.350. The average Bonchev–Trinajstić information content (AvgIpc) is 2.21. The SMILES string of the molecule is C1CC[C](C2CCCCS2)CC1. The molecular formula is C11H19S. The molecule has 12 heavy (non-hydrogen) atoms. The van der Waals surface area contributed by atoms with Crippen molar-refractivity contribution in [3.8, 4) is 0 Å². The van der Waals surface area contributed by atoms with Crippen molar-refractivity contribution < 1.29 is 0 Å². The van der Waals surface area contributed by atoms with Gasteiger partial charge >= 0.3 is 0 Å². The third-order valence-electron chi connectivity index (χ3n) is 3.13. The minimum Gasteiger partial charge on any atom is -0.158 e. The van der Waals surface area contributed by atoms with E-state index in [1.165, 1.54) is 57.1 Å². The monoisotopic (exact) mass is 183 g/mol. The van der Waals surface area contributed by atoms with E-state index in [4.69, 9.17) is 0 Å². The van der Waals surface area contributed by atoms with Gasteiger partial charge in [-0.25, -0.2) is 0 Å². The molecule has 1 atom stereocenters. The lowest BCUT2D eigenvalue weighted by molar-refractivity contribution is 0.494. The topological polar surface area (TPSA) is 0 Å². The van der Waals surface area contributed by atoms with Gasteiger partial charge < -0.3 is 0 Å². The fourth-order valence-corrected chi connectivity index (χ4v) is 3.85. The van der Waals surface area contributed by atoms with Gasteiger partial charge in [0.2, 0.25) is 0 Å². The molecular weight excluding hydrogens is 164 g/mol. The van der Waals surface area contributed by atoms with Crippen molar-refractivity contribution in [2.75, 3.05) is 5.75 Å². The highest BCUT2D eigenvalue weighted by molar-refractivity contribution is 8.00. The van der Waals surface area contributed by atoms with Crippen molar-refractivity contribution in [3.63, 3.8) is 0 Å². The van der Waals surface area contributed by atoms with E-state index in [1.807, 2.05) is 5.92 Å². The largest absolute Gasteiger partial charge is 0.158 e. The van der Waals surface area contributed by atoms with Gasteiger partial charge in [0.25, 0.3) is 0 Å². The third-order valence-corrected chi connectivity index (χ3v) is 4.63. The molecule has 0 aromatic carbocycles. The number of hydrogen-bond acceptors (Lipinski definition) is 1. The Labute approximate surface area is 80.5 Å². The second-order valence-electron chi connectivity index (χ2n) is 4.07. The van der Waals surface area contributed by atoms with Crippen LogP contribution in [0, 0.1) is 5.92 Å². The standard InChI is InChI=1S/C11H19S/c1-2-6-10(7-3-1)11-8-4-5-9-12-11/h11H,1-9H2. The Morgan fingerprint density at radius 2 is 1.75 bits per heavy atom. The molecule has 0 N–H and O–H groups in total. The fraction of sp³-hybridized carbons (Fsp3) is 0.909. The summed E-state index contributed by atoms with van der Waals surface area (Å²) in [4.78, 5) is 0. The lowest BCUT2D eigenvalue weighted by Gasteiger charge is -2.31. The van der Waals surface area contributed by atoms with Crippen LogP contribution < -0.4 is 0 Å². The highest BCUT2D eigenvalue weighted by Gasteiger charge is 2.25. The predicted molar refractivity (Wildman–Crippen MR) is 56.4 cm³/mol. The number of thioether (sulfide) groups is 1. The predicted octanol–water partition coefficient (Wildman–Crippen LogP) is 3.81. The van der Waals surface area contributed by atoms with Gasteiger partial charge in [-0.2, -0.15) is 11.8 Å². The molecule has 0 spiro atoms. The minimum atomic E-state index is 0.971. The molecule has 1 heterocycles. The summed E-state index contributed by atoms with van der Waals surface area (Å²) >= 11 is 2.23. The van der Waals surface area contributed by atoms with E-state index < -0.39 is 0 Å². The number of hydrogen-bond donors (Lipinski definition) is 0. The second kappa shape index (κ2) is 4.55. The Morgan fingerprint density at radius 3 is 2.42 bits per heavy atom. The summed E-state index contributed by atoms with van der Waals surface area (Å²) in [5, 5.41) is 0.971. The highest BCUT2D eigenvalue weighted by atomic mass is 32.2. The molecule has 0 nitrogen and oxygen atoms in total. The van der Waals surface area contributed by atoms with Crippen molar-refractivity contribution in [2.24, 2.45) is 0 Å². The van der Waals surface area contributed by atoms with Crippen LogP contribution in [-0.2, 0) is 0 Å². The summed E-state index contributed by atoms with van der Waals surface area (Å²) in [7, 11) is 0. The Kier molecular flexibility index (Phi) is 3.38. The van der Waals surface area contributed by atoms with Crippen molar-refractivity contribution in [2.45, 2.75) is 56.6 Å². The highest BCUT2D eigenvalue weighted by Crippen LogP contribution is 2.39.